The molecule has 0 saturated carbocycles. The Morgan fingerprint density at radius 1 is 0.921 bits per heavy atom. The first-order valence-electron chi connectivity index (χ1n) is 12.7. The molecule has 194 valence electrons. The molecule has 1 amide bonds. The van der Waals surface area contributed by atoms with Crippen LogP contribution in [0, 0.1) is 0 Å². The Morgan fingerprint density at radius 2 is 1.74 bits per heavy atom. The number of nitrogens with zero attached hydrogens (tertiary/aromatic N) is 2. The zero-order valence-electron chi connectivity index (χ0n) is 20.8. The molecule has 1 atom stereocenters. The minimum Gasteiger partial charge on any atom is -0.489 e. The lowest BCUT2D eigenvalue weighted by molar-refractivity contribution is 0.0314. The number of fused-ring (bicyclic) bond motifs is 2. The number of hydrogen-bond donors (Lipinski definition) is 0. The molecule has 3 aromatic carbocycles. The fourth-order valence-corrected chi connectivity index (χ4v) is 5.52. The molecule has 2 aliphatic rings. The summed E-state index contributed by atoms with van der Waals surface area (Å²) in [5.74, 6) is 0.525. The van der Waals surface area contributed by atoms with Gasteiger partial charge in [0.1, 0.15) is 17.9 Å². The summed E-state index contributed by atoms with van der Waals surface area (Å²) in [5, 5.41) is 0.447. The monoisotopic (exact) mass is 574 g/mol. The van der Waals surface area contributed by atoms with Crippen LogP contribution in [0.3, 0.4) is 0 Å². The van der Waals surface area contributed by atoms with E-state index in [1.54, 1.807) is 23.1 Å². The van der Waals surface area contributed by atoms with Gasteiger partial charge >= 0.3 is 0 Å². The van der Waals surface area contributed by atoms with Gasteiger partial charge in [-0.2, -0.15) is 0 Å². The fraction of sp³-hybridized carbons (Fsp3) is 0.267. The zero-order valence-corrected chi connectivity index (χ0v) is 22.4. The second-order valence-electron chi connectivity index (χ2n) is 9.52. The van der Waals surface area contributed by atoms with E-state index in [1.807, 2.05) is 54.6 Å². The van der Waals surface area contributed by atoms with E-state index < -0.39 is 6.04 Å². The maximum absolute atomic E-state index is 13.8. The lowest BCUT2D eigenvalue weighted by atomic mass is 9.98. The number of morpholine rings is 1. The van der Waals surface area contributed by atoms with Gasteiger partial charge in [-0.3, -0.25) is 14.5 Å². The van der Waals surface area contributed by atoms with Crippen molar-refractivity contribution in [3.05, 3.63) is 110 Å². The van der Waals surface area contributed by atoms with E-state index in [-0.39, 0.29) is 17.1 Å². The molecule has 3 heterocycles. The van der Waals surface area contributed by atoms with Crippen LogP contribution in [0.4, 0.5) is 0 Å². The highest BCUT2D eigenvalue weighted by Gasteiger charge is 2.42. The van der Waals surface area contributed by atoms with Crippen molar-refractivity contribution >= 4 is 32.8 Å². The van der Waals surface area contributed by atoms with Crippen LogP contribution in [-0.2, 0) is 11.3 Å². The summed E-state index contributed by atoms with van der Waals surface area (Å²) in [6.07, 6.45) is 0. The van der Waals surface area contributed by atoms with E-state index in [2.05, 4.69) is 20.8 Å². The SMILES string of the molecule is O=C1c2oc3ccc(Br)cc3c(=O)c2C(c2cccc(OCc3ccccc3)c2)N1CCN1CCOCC1. The third kappa shape index (κ3) is 4.87. The largest absolute Gasteiger partial charge is 0.489 e. The lowest BCUT2D eigenvalue weighted by Crippen LogP contribution is -2.42. The number of amides is 1. The van der Waals surface area contributed by atoms with Crippen LogP contribution in [0.15, 0.2) is 86.5 Å². The normalized spacial score (nSPS) is 17.7. The first kappa shape index (κ1) is 24.9. The minimum absolute atomic E-state index is 0.118. The highest BCUT2D eigenvalue weighted by Crippen LogP contribution is 2.39. The lowest BCUT2D eigenvalue weighted by Gasteiger charge is -2.31. The Labute approximate surface area is 228 Å². The van der Waals surface area contributed by atoms with Gasteiger partial charge in [-0.05, 0) is 41.5 Å². The summed E-state index contributed by atoms with van der Waals surface area (Å²) in [4.78, 5) is 31.6. The molecule has 4 aromatic rings. The summed E-state index contributed by atoms with van der Waals surface area (Å²) in [6.45, 7) is 4.56. The third-order valence-corrected chi connectivity index (χ3v) is 7.60. The van der Waals surface area contributed by atoms with Crippen LogP contribution in [0.25, 0.3) is 11.0 Å². The molecular weight excluding hydrogens is 548 g/mol. The van der Waals surface area contributed by atoms with Crippen molar-refractivity contribution in [3.63, 3.8) is 0 Å². The number of rotatable bonds is 7. The maximum Gasteiger partial charge on any atom is 0.290 e. The number of carbonyl (C=O) groups is 1. The van der Waals surface area contributed by atoms with E-state index in [0.717, 1.165) is 28.7 Å². The van der Waals surface area contributed by atoms with E-state index in [4.69, 9.17) is 13.9 Å². The van der Waals surface area contributed by atoms with Crippen molar-refractivity contribution in [1.29, 1.82) is 0 Å². The van der Waals surface area contributed by atoms with Crippen LogP contribution in [0.1, 0.15) is 33.3 Å². The molecule has 1 aromatic heterocycles. The number of carbonyl (C=O) groups excluding carboxylic acids is 1. The van der Waals surface area contributed by atoms with Crippen LogP contribution in [-0.4, -0.2) is 55.1 Å². The Morgan fingerprint density at radius 3 is 2.55 bits per heavy atom. The van der Waals surface area contributed by atoms with Gasteiger partial charge in [0.05, 0.1) is 30.2 Å². The molecule has 0 N–H and O–H groups in total. The predicted octanol–water partition coefficient (Wildman–Crippen LogP) is 5.01. The van der Waals surface area contributed by atoms with Crippen molar-refractivity contribution in [1.82, 2.24) is 9.80 Å². The summed E-state index contributed by atoms with van der Waals surface area (Å²) in [7, 11) is 0. The Kier molecular flexibility index (Phi) is 7.02. The van der Waals surface area contributed by atoms with Crippen LogP contribution in [0.2, 0.25) is 0 Å². The van der Waals surface area contributed by atoms with E-state index in [0.29, 0.717) is 55.2 Å². The second kappa shape index (κ2) is 10.7. The summed E-state index contributed by atoms with van der Waals surface area (Å²) >= 11 is 3.46. The molecule has 8 heteroatoms. The van der Waals surface area contributed by atoms with E-state index in [1.165, 1.54) is 0 Å². The molecule has 0 spiro atoms. The molecule has 2 aliphatic heterocycles. The third-order valence-electron chi connectivity index (χ3n) is 7.11. The van der Waals surface area contributed by atoms with Crippen molar-refractivity contribution in [2.24, 2.45) is 0 Å². The molecule has 1 fully saturated rings. The van der Waals surface area contributed by atoms with Crippen LogP contribution < -0.4 is 10.2 Å². The molecule has 7 nitrogen and oxygen atoms in total. The smallest absolute Gasteiger partial charge is 0.290 e. The predicted molar refractivity (Wildman–Crippen MR) is 148 cm³/mol. The van der Waals surface area contributed by atoms with Gasteiger partial charge < -0.3 is 18.8 Å². The molecule has 1 saturated heterocycles. The Balaban J connectivity index is 1.38. The summed E-state index contributed by atoms with van der Waals surface area (Å²) in [6, 6.07) is 22.3. The first-order valence-corrected chi connectivity index (χ1v) is 13.5. The fourth-order valence-electron chi connectivity index (χ4n) is 5.16. The average molecular weight is 575 g/mol. The van der Waals surface area contributed by atoms with Crippen molar-refractivity contribution in [2.45, 2.75) is 12.6 Å². The van der Waals surface area contributed by atoms with Gasteiger partial charge in [-0.15, -0.1) is 0 Å². The van der Waals surface area contributed by atoms with Crippen molar-refractivity contribution in [3.8, 4) is 5.75 Å². The van der Waals surface area contributed by atoms with Crippen LogP contribution >= 0.6 is 15.9 Å². The Bertz CT molecular complexity index is 1530. The van der Waals surface area contributed by atoms with Gasteiger partial charge in [0.15, 0.2) is 5.43 Å². The maximum atomic E-state index is 13.8. The Hall–Kier alpha value is -3.46. The van der Waals surface area contributed by atoms with Crippen molar-refractivity contribution < 1.29 is 18.7 Å². The quantitative estimate of drug-likeness (QED) is 0.309. The number of ether oxygens (including phenoxy) is 2. The summed E-state index contributed by atoms with van der Waals surface area (Å²) in [5.41, 5.74) is 2.46. The van der Waals surface area contributed by atoms with E-state index in [9.17, 15) is 9.59 Å². The van der Waals surface area contributed by atoms with Gasteiger partial charge in [0, 0.05) is 30.7 Å². The van der Waals surface area contributed by atoms with E-state index >= 15 is 0 Å². The van der Waals surface area contributed by atoms with Gasteiger partial charge in [-0.25, -0.2) is 0 Å². The molecule has 38 heavy (non-hydrogen) atoms. The molecule has 6 rings (SSSR count). The summed E-state index contributed by atoms with van der Waals surface area (Å²) < 4.78 is 18.4. The van der Waals surface area contributed by atoms with Gasteiger partial charge in [-0.1, -0.05) is 58.4 Å². The highest BCUT2D eigenvalue weighted by molar-refractivity contribution is 9.10. The first-order chi connectivity index (χ1) is 18.6. The van der Waals surface area contributed by atoms with Gasteiger partial charge in [0.2, 0.25) is 5.76 Å². The molecule has 0 bridgehead atoms. The topological polar surface area (TPSA) is 72.2 Å². The molecule has 1 unspecified atom stereocenters. The highest BCUT2D eigenvalue weighted by atomic mass is 79.9. The minimum atomic E-state index is -0.571. The number of halogens is 1. The standard InChI is InChI=1S/C30H27BrN2O5/c31-22-9-10-25-24(18-22)28(34)26-27(21-7-4-8-23(17-21)37-19-20-5-2-1-3-6-20)33(30(35)29(26)38-25)12-11-32-13-15-36-16-14-32/h1-10,17-18,27H,11-16,19H2. The molecule has 0 aliphatic carbocycles. The average Bonchev–Trinajstić information content (AvgIpc) is 3.24. The zero-order chi connectivity index (χ0) is 26.1. The van der Waals surface area contributed by atoms with Crippen LogP contribution in [0.5, 0.6) is 5.75 Å². The van der Waals surface area contributed by atoms with Crippen molar-refractivity contribution in [2.75, 3.05) is 39.4 Å². The van der Waals surface area contributed by atoms with Gasteiger partial charge in [0.25, 0.3) is 5.91 Å². The number of hydrogen-bond acceptors (Lipinski definition) is 6. The molecule has 0 radical (unpaired) electrons. The number of benzene rings is 3. The second-order valence-corrected chi connectivity index (χ2v) is 10.4. The molecular formula is C30H27BrN2O5.